The fourth-order valence-electron chi connectivity index (χ4n) is 1.55. The Morgan fingerprint density at radius 3 is 2.63 bits per heavy atom. The minimum atomic E-state index is 0.0533. The molecule has 112 valence electrons. The molecule has 0 radical (unpaired) electrons. The van der Waals surface area contributed by atoms with Gasteiger partial charge in [0.25, 0.3) is 0 Å². The Morgan fingerprint density at radius 1 is 1.26 bits per heavy atom. The van der Waals surface area contributed by atoms with Crippen molar-refractivity contribution in [1.29, 1.82) is 0 Å². The van der Waals surface area contributed by atoms with Crippen molar-refractivity contribution in [2.45, 2.75) is 65.3 Å². The van der Waals surface area contributed by atoms with Crippen LogP contribution in [0.4, 0.5) is 0 Å². The first-order valence-electron chi connectivity index (χ1n) is 7.43. The van der Waals surface area contributed by atoms with E-state index in [1.54, 1.807) is 0 Å². The zero-order valence-corrected chi connectivity index (χ0v) is 12.7. The largest absolute Gasteiger partial charge is 0.370 e. The molecule has 0 fully saturated rings. The van der Waals surface area contributed by atoms with E-state index in [4.69, 9.17) is 5.73 Å². The van der Waals surface area contributed by atoms with Gasteiger partial charge in [0.15, 0.2) is 5.96 Å². The summed E-state index contributed by atoms with van der Waals surface area (Å²) in [7, 11) is 0. The lowest BCUT2D eigenvalue weighted by Gasteiger charge is -2.11. The van der Waals surface area contributed by atoms with Crippen LogP contribution in [0.3, 0.4) is 0 Å². The van der Waals surface area contributed by atoms with Crippen molar-refractivity contribution in [3.8, 4) is 0 Å². The van der Waals surface area contributed by atoms with E-state index >= 15 is 0 Å². The molecule has 4 N–H and O–H groups in total. The van der Waals surface area contributed by atoms with Gasteiger partial charge in [0.2, 0.25) is 5.91 Å². The summed E-state index contributed by atoms with van der Waals surface area (Å²) in [6.07, 6.45) is 6.12. The van der Waals surface area contributed by atoms with Gasteiger partial charge in [0.05, 0.1) is 0 Å². The molecule has 0 aromatic carbocycles. The van der Waals surface area contributed by atoms with Crippen molar-refractivity contribution in [3.63, 3.8) is 0 Å². The number of aliphatic imine (C=N–C) groups is 1. The Labute approximate surface area is 117 Å². The topological polar surface area (TPSA) is 79.5 Å². The van der Waals surface area contributed by atoms with Crippen molar-refractivity contribution < 1.29 is 4.79 Å². The zero-order chi connectivity index (χ0) is 14.5. The first-order chi connectivity index (χ1) is 9.10. The summed E-state index contributed by atoms with van der Waals surface area (Å²) in [5, 5.41) is 5.87. The maximum Gasteiger partial charge on any atom is 0.221 e. The molecule has 5 nitrogen and oxygen atoms in total. The molecule has 5 heteroatoms. The molecule has 19 heavy (non-hydrogen) atoms. The highest BCUT2D eigenvalue weighted by atomic mass is 16.1. The van der Waals surface area contributed by atoms with Gasteiger partial charge in [-0.05, 0) is 19.8 Å². The van der Waals surface area contributed by atoms with Crippen LogP contribution in [0.15, 0.2) is 4.99 Å². The highest BCUT2D eigenvalue weighted by molar-refractivity contribution is 5.80. The summed E-state index contributed by atoms with van der Waals surface area (Å²) in [5.74, 6) is 0.491. The summed E-state index contributed by atoms with van der Waals surface area (Å²) < 4.78 is 0. The van der Waals surface area contributed by atoms with Gasteiger partial charge in [-0.1, -0.05) is 33.1 Å². The molecule has 0 aliphatic rings. The quantitative estimate of drug-likeness (QED) is 0.321. The molecule has 1 unspecified atom stereocenters. The van der Waals surface area contributed by atoms with Gasteiger partial charge in [-0.3, -0.25) is 9.79 Å². The van der Waals surface area contributed by atoms with Crippen LogP contribution >= 0.6 is 0 Å². The van der Waals surface area contributed by atoms with Gasteiger partial charge in [-0.25, -0.2) is 0 Å². The van der Waals surface area contributed by atoms with Crippen LogP contribution in [0.25, 0.3) is 0 Å². The van der Waals surface area contributed by atoms with Gasteiger partial charge in [-0.15, -0.1) is 0 Å². The Balaban J connectivity index is 3.58. The maximum atomic E-state index is 11.5. The van der Waals surface area contributed by atoms with Crippen molar-refractivity contribution >= 4 is 11.9 Å². The minimum Gasteiger partial charge on any atom is -0.370 e. The lowest BCUT2D eigenvalue weighted by atomic mass is 10.2. The van der Waals surface area contributed by atoms with Gasteiger partial charge < -0.3 is 16.4 Å². The van der Waals surface area contributed by atoms with Gasteiger partial charge in [0, 0.05) is 25.6 Å². The second kappa shape index (κ2) is 11.8. The Kier molecular flexibility index (Phi) is 11.0. The van der Waals surface area contributed by atoms with Gasteiger partial charge in [-0.2, -0.15) is 0 Å². The monoisotopic (exact) mass is 270 g/mol. The van der Waals surface area contributed by atoms with Crippen LogP contribution in [0.5, 0.6) is 0 Å². The molecule has 1 atom stereocenters. The van der Waals surface area contributed by atoms with Crippen LogP contribution in [0.2, 0.25) is 0 Å². The van der Waals surface area contributed by atoms with E-state index in [-0.39, 0.29) is 11.9 Å². The number of unbranched alkanes of at least 4 members (excludes halogenated alkanes) is 3. The summed E-state index contributed by atoms with van der Waals surface area (Å²) in [5.41, 5.74) is 5.71. The number of amides is 1. The van der Waals surface area contributed by atoms with Gasteiger partial charge in [0.1, 0.15) is 0 Å². The molecule has 0 aliphatic carbocycles. The highest BCUT2D eigenvalue weighted by Crippen LogP contribution is 1.98. The lowest BCUT2D eigenvalue weighted by molar-refractivity contribution is -0.121. The SMILES string of the molecule is CCCCCCN=C(N)NCCC(=O)NC(C)CC. The smallest absolute Gasteiger partial charge is 0.221 e. The van der Waals surface area contributed by atoms with E-state index in [0.29, 0.717) is 18.9 Å². The second-order valence-electron chi connectivity index (χ2n) is 4.88. The number of nitrogens with zero attached hydrogens (tertiary/aromatic N) is 1. The Morgan fingerprint density at radius 2 is 2.00 bits per heavy atom. The molecule has 0 bridgehead atoms. The zero-order valence-electron chi connectivity index (χ0n) is 12.7. The Bertz CT molecular complexity index is 266. The van der Waals surface area contributed by atoms with E-state index in [1.807, 2.05) is 13.8 Å². The van der Waals surface area contributed by atoms with Crippen molar-refractivity contribution in [3.05, 3.63) is 0 Å². The second-order valence-corrected chi connectivity index (χ2v) is 4.88. The van der Waals surface area contributed by atoms with E-state index in [0.717, 1.165) is 19.4 Å². The number of nitrogens with one attached hydrogen (secondary N) is 2. The van der Waals surface area contributed by atoms with E-state index in [1.165, 1.54) is 19.3 Å². The molecule has 0 rings (SSSR count). The molecule has 0 heterocycles. The van der Waals surface area contributed by atoms with E-state index < -0.39 is 0 Å². The number of hydrogen-bond acceptors (Lipinski definition) is 2. The summed E-state index contributed by atoms with van der Waals surface area (Å²) in [6.45, 7) is 7.53. The highest BCUT2D eigenvalue weighted by Gasteiger charge is 2.04. The fraction of sp³-hybridized carbons (Fsp3) is 0.857. The minimum absolute atomic E-state index is 0.0533. The number of carbonyl (C=O) groups excluding carboxylic acids is 1. The number of guanidine groups is 1. The van der Waals surface area contributed by atoms with E-state index in [2.05, 4.69) is 22.5 Å². The lowest BCUT2D eigenvalue weighted by Crippen LogP contribution is -2.37. The van der Waals surface area contributed by atoms with Crippen LogP contribution in [0, 0.1) is 0 Å². The van der Waals surface area contributed by atoms with Crippen LogP contribution in [-0.4, -0.2) is 31.0 Å². The average molecular weight is 270 g/mol. The van der Waals surface area contributed by atoms with Crippen molar-refractivity contribution in [1.82, 2.24) is 10.6 Å². The maximum absolute atomic E-state index is 11.5. The van der Waals surface area contributed by atoms with Crippen molar-refractivity contribution in [2.24, 2.45) is 10.7 Å². The molecule has 0 aromatic heterocycles. The molecular weight excluding hydrogens is 240 g/mol. The number of rotatable bonds is 10. The number of nitrogens with two attached hydrogens (primary N) is 1. The molecular formula is C14H30N4O. The number of hydrogen-bond donors (Lipinski definition) is 3. The molecule has 0 aliphatic heterocycles. The Hall–Kier alpha value is -1.26. The number of carbonyl (C=O) groups is 1. The van der Waals surface area contributed by atoms with E-state index in [9.17, 15) is 4.79 Å². The molecule has 0 spiro atoms. The third kappa shape index (κ3) is 11.6. The molecule has 1 amide bonds. The normalized spacial score (nSPS) is 13.1. The molecule has 0 aromatic rings. The first-order valence-corrected chi connectivity index (χ1v) is 7.43. The third-order valence-electron chi connectivity index (χ3n) is 2.97. The third-order valence-corrected chi connectivity index (χ3v) is 2.97. The van der Waals surface area contributed by atoms with Crippen molar-refractivity contribution in [2.75, 3.05) is 13.1 Å². The van der Waals surface area contributed by atoms with Crippen LogP contribution in [0.1, 0.15) is 59.3 Å². The fourth-order valence-corrected chi connectivity index (χ4v) is 1.55. The summed E-state index contributed by atoms with van der Waals surface area (Å²) >= 11 is 0. The first kappa shape index (κ1) is 17.7. The predicted molar refractivity (Wildman–Crippen MR) is 81.1 cm³/mol. The molecule has 0 saturated heterocycles. The van der Waals surface area contributed by atoms with Crippen LogP contribution in [-0.2, 0) is 4.79 Å². The molecule has 0 saturated carbocycles. The summed E-state index contributed by atoms with van der Waals surface area (Å²) in [6, 6.07) is 0.233. The van der Waals surface area contributed by atoms with Gasteiger partial charge >= 0.3 is 0 Å². The summed E-state index contributed by atoms with van der Waals surface area (Å²) in [4.78, 5) is 15.7. The standard InChI is InChI=1S/C14H30N4O/c1-4-6-7-8-10-16-14(15)17-11-9-13(19)18-12(3)5-2/h12H,4-11H2,1-3H3,(H,18,19)(H3,15,16,17). The average Bonchev–Trinajstić information content (AvgIpc) is 2.38. The van der Waals surface area contributed by atoms with Crippen LogP contribution < -0.4 is 16.4 Å². The predicted octanol–water partition coefficient (Wildman–Crippen LogP) is 1.78.